The number of nitriles is 1. The molecule has 6 nitrogen and oxygen atoms in total. The van der Waals surface area contributed by atoms with Gasteiger partial charge in [-0.15, -0.1) is 13.2 Å². The lowest BCUT2D eigenvalue weighted by atomic mass is 10.3. The lowest BCUT2D eigenvalue weighted by Crippen LogP contribution is -2.18. The van der Waals surface area contributed by atoms with Gasteiger partial charge in [0.25, 0.3) is 0 Å². The summed E-state index contributed by atoms with van der Waals surface area (Å²) in [5, 5.41) is 18.7. The van der Waals surface area contributed by atoms with Crippen molar-refractivity contribution in [2.75, 3.05) is 0 Å². The predicted molar refractivity (Wildman–Crippen MR) is 42.3 cm³/mol. The largest absolute Gasteiger partial charge is 0.575 e. The molecule has 0 aliphatic heterocycles. The Balaban J connectivity index is 3.16. The number of halogens is 3. The molecule has 0 aliphatic rings. The first-order valence-corrected chi connectivity index (χ1v) is 3.64. The number of pyridine rings is 1. The van der Waals surface area contributed by atoms with Crippen molar-refractivity contribution in [1.29, 1.82) is 5.26 Å². The monoisotopic (exact) mass is 233 g/mol. The van der Waals surface area contributed by atoms with Crippen LogP contribution in [0, 0.1) is 21.4 Å². The number of nitro groups is 1. The van der Waals surface area contributed by atoms with Crippen LogP contribution in [-0.2, 0) is 0 Å². The predicted octanol–water partition coefficient (Wildman–Crippen LogP) is 1.76. The first-order valence-electron chi connectivity index (χ1n) is 3.64. The van der Waals surface area contributed by atoms with E-state index in [0.717, 1.165) is 6.07 Å². The highest BCUT2D eigenvalue weighted by Gasteiger charge is 2.34. The second-order valence-corrected chi connectivity index (χ2v) is 2.47. The topological polar surface area (TPSA) is 89.0 Å². The second-order valence-electron chi connectivity index (χ2n) is 2.47. The van der Waals surface area contributed by atoms with Gasteiger partial charge < -0.3 is 14.9 Å². The number of ether oxygens (including phenoxy) is 1. The standard InChI is InChI=1S/C7H2F3N3O3/c8-7(9,10)16-6-2-4(3-11)1-5(12-6)13(14)15/h1-2H. The minimum atomic E-state index is -5.02. The Labute approximate surface area is 86.0 Å². The van der Waals surface area contributed by atoms with Gasteiger partial charge in [0.1, 0.15) is 0 Å². The molecule has 1 aromatic rings. The van der Waals surface area contributed by atoms with Crippen molar-refractivity contribution in [3.63, 3.8) is 0 Å². The molecule has 1 heterocycles. The molecular formula is C7H2F3N3O3. The maximum Gasteiger partial charge on any atom is 0.575 e. The van der Waals surface area contributed by atoms with E-state index in [0.29, 0.717) is 6.07 Å². The molecule has 0 radical (unpaired) electrons. The maximum absolute atomic E-state index is 11.8. The highest BCUT2D eigenvalue weighted by molar-refractivity contribution is 5.39. The summed E-state index contributed by atoms with van der Waals surface area (Å²) in [7, 11) is 0. The molecule has 0 fully saturated rings. The lowest BCUT2D eigenvalue weighted by Gasteiger charge is -2.04. The minimum absolute atomic E-state index is 0.346. The van der Waals surface area contributed by atoms with Crippen molar-refractivity contribution in [3.05, 3.63) is 27.8 Å². The zero-order valence-electron chi connectivity index (χ0n) is 7.35. The molecule has 1 aromatic heterocycles. The molecular weight excluding hydrogens is 231 g/mol. The summed E-state index contributed by atoms with van der Waals surface area (Å²) in [5.41, 5.74) is -0.346. The van der Waals surface area contributed by atoms with Gasteiger partial charge in [0.15, 0.2) is 0 Å². The van der Waals surface area contributed by atoms with Crippen molar-refractivity contribution < 1.29 is 22.8 Å². The summed E-state index contributed by atoms with van der Waals surface area (Å²) in [6.45, 7) is 0. The molecule has 0 spiro atoms. The number of aromatic nitrogens is 1. The summed E-state index contributed by atoms with van der Waals surface area (Å²) in [6, 6.07) is 2.85. The van der Waals surface area contributed by atoms with E-state index in [1.54, 1.807) is 0 Å². The van der Waals surface area contributed by atoms with E-state index in [9.17, 15) is 23.3 Å². The highest BCUT2D eigenvalue weighted by Crippen LogP contribution is 2.24. The Bertz CT molecular complexity index is 466. The van der Waals surface area contributed by atoms with Crippen LogP contribution in [0.5, 0.6) is 5.88 Å². The summed E-state index contributed by atoms with van der Waals surface area (Å²) in [5.74, 6) is -1.93. The maximum atomic E-state index is 11.8. The van der Waals surface area contributed by atoms with E-state index >= 15 is 0 Å². The van der Waals surface area contributed by atoms with E-state index in [2.05, 4.69) is 9.72 Å². The van der Waals surface area contributed by atoms with Crippen molar-refractivity contribution in [1.82, 2.24) is 4.98 Å². The number of hydrogen-bond acceptors (Lipinski definition) is 5. The van der Waals surface area contributed by atoms with E-state index in [-0.39, 0.29) is 5.56 Å². The molecule has 0 saturated heterocycles. The average molecular weight is 233 g/mol. The van der Waals surface area contributed by atoms with Crippen LogP contribution in [0.1, 0.15) is 5.56 Å². The zero-order chi connectivity index (χ0) is 12.3. The van der Waals surface area contributed by atoms with Gasteiger partial charge in [-0.05, 0) is 4.92 Å². The average Bonchev–Trinajstić information content (AvgIpc) is 2.14. The molecule has 0 atom stereocenters. The Morgan fingerprint density at radius 1 is 1.50 bits per heavy atom. The Morgan fingerprint density at radius 2 is 2.12 bits per heavy atom. The van der Waals surface area contributed by atoms with Crippen molar-refractivity contribution in [3.8, 4) is 11.9 Å². The third kappa shape index (κ3) is 3.09. The molecule has 84 valence electrons. The van der Waals surface area contributed by atoms with Crippen LogP contribution in [0.25, 0.3) is 0 Å². The highest BCUT2D eigenvalue weighted by atomic mass is 19.4. The molecule has 0 aromatic carbocycles. The number of alkyl halides is 3. The summed E-state index contributed by atoms with van der Waals surface area (Å²) in [4.78, 5) is 12.2. The van der Waals surface area contributed by atoms with E-state index < -0.39 is 23.0 Å². The third-order valence-corrected chi connectivity index (χ3v) is 1.32. The van der Waals surface area contributed by atoms with Crippen molar-refractivity contribution >= 4 is 5.82 Å². The second kappa shape index (κ2) is 4.01. The molecule has 9 heteroatoms. The third-order valence-electron chi connectivity index (χ3n) is 1.32. The zero-order valence-corrected chi connectivity index (χ0v) is 7.35. The van der Waals surface area contributed by atoms with E-state index in [4.69, 9.17) is 5.26 Å². The smallest absolute Gasteiger partial charge is 0.366 e. The Hall–Kier alpha value is -2.37. The molecule has 0 amide bonds. The van der Waals surface area contributed by atoms with Crippen LogP contribution >= 0.6 is 0 Å². The van der Waals surface area contributed by atoms with Gasteiger partial charge in [0, 0.05) is 11.1 Å². The molecule has 16 heavy (non-hydrogen) atoms. The fourth-order valence-electron chi connectivity index (χ4n) is 0.820. The SMILES string of the molecule is N#Cc1cc(OC(F)(F)F)nc([N+](=O)[O-])c1. The van der Waals surface area contributed by atoms with Crippen LogP contribution in [0.3, 0.4) is 0 Å². The van der Waals surface area contributed by atoms with E-state index in [1.807, 2.05) is 0 Å². The number of hydrogen-bond donors (Lipinski definition) is 0. The van der Waals surface area contributed by atoms with Gasteiger partial charge in [0.2, 0.25) is 0 Å². The number of nitrogens with zero attached hydrogens (tertiary/aromatic N) is 3. The summed E-state index contributed by atoms with van der Waals surface area (Å²) in [6.07, 6.45) is -5.02. The molecule has 1 rings (SSSR count). The molecule has 0 bridgehead atoms. The van der Waals surface area contributed by atoms with E-state index in [1.165, 1.54) is 6.07 Å². The van der Waals surface area contributed by atoms with Crippen LogP contribution in [0.15, 0.2) is 12.1 Å². The molecule has 0 saturated carbocycles. The van der Waals surface area contributed by atoms with Crippen LogP contribution in [0.4, 0.5) is 19.0 Å². The van der Waals surface area contributed by atoms with Crippen LogP contribution in [-0.4, -0.2) is 16.3 Å². The van der Waals surface area contributed by atoms with Gasteiger partial charge in [0.05, 0.1) is 17.7 Å². The van der Waals surface area contributed by atoms with Gasteiger partial charge in [-0.1, -0.05) is 0 Å². The van der Waals surface area contributed by atoms with Gasteiger partial charge >= 0.3 is 18.1 Å². The van der Waals surface area contributed by atoms with Crippen LogP contribution in [0.2, 0.25) is 0 Å². The van der Waals surface area contributed by atoms with Crippen molar-refractivity contribution in [2.45, 2.75) is 6.36 Å². The lowest BCUT2D eigenvalue weighted by molar-refractivity contribution is -0.390. The van der Waals surface area contributed by atoms with Gasteiger partial charge in [-0.2, -0.15) is 5.26 Å². The summed E-state index contributed by atoms with van der Waals surface area (Å²) < 4.78 is 38.8. The number of rotatable bonds is 2. The normalized spacial score (nSPS) is 10.6. The summed E-state index contributed by atoms with van der Waals surface area (Å²) >= 11 is 0. The molecule has 0 aliphatic carbocycles. The van der Waals surface area contributed by atoms with Gasteiger partial charge in [-0.3, -0.25) is 0 Å². The minimum Gasteiger partial charge on any atom is -0.366 e. The van der Waals surface area contributed by atoms with Crippen molar-refractivity contribution in [2.24, 2.45) is 0 Å². The first kappa shape index (κ1) is 11.7. The Kier molecular flexibility index (Phi) is 2.94. The fraction of sp³-hybridized carbons (Fsp3) is 0.143. The quantitative estimate of drug-likeness (QED) is 0.573. The fourth-order valence-corrected chi connectivity index (χ4v) is 0.820. The van der Waals surface area contributed by atoms with Gasteiger partial charge in [-0.25, -0.2) is 0 Å². The first-order chi connectivity index (χ1) is 7.31. The van der Waals surface area contributed by atoms with Crippen LogP contribution < -0.4 is 4.74 Å². The Morgan fingerprint density at radius 3 is 2.56 bits per heavy atom. The molecule has 0 unspecified atom stereocenters. The molecule has 0 N–H and O–H groups in total.